The molecule has 1 heterocycles. The van der Waals surface area contributed by atoms with Crippen molar-refractivity contribution >= 4 is 22.7 Å². The highest BCUT2D eigenvalue weighted by Crippen LogP contribution is 2.29. The first kappa shape index (κ1) is 26.7. The van der Waals surface area contributed by atoms with Crippen LogP contribution in [0.4, 0.5) is 8.78 Å². The van der Waals surface area contributed by atoms with Crippen molar-refractivity contribution in [2.75, 3.05) is 13.2 Å². The van der Waals surface area contributed by atoms with Gasteiger partial charge in [-0.1, -0.05) is 36.4 Å². The number of aromatic nitrogens is 2. The molecule has 0 radical (unpaired) electrons. The maximum Gasteiger partial charge on any atom is 0.321 e. The van der Waals surface area contributed by atoms with E-state index in [0.29, 0.717) is 29.5 Å². The lowest BCUT2D eigenvalue weighted by Gasteiger charge is -2.27. The lowest BCUT2D eigenvalue weighted by Crippen LogP contribution is -2.46. The van der Waals surface area contributed by atoms with E-state index in [9.17, 15) is 18.4 Å². The third-order valence-electron chi connectivity index (χ3n) is 5.89. The number of halogens is 2. The average Bonchev–Trinajstić information content (AvgIpc) is 3.33. The molecule has 0 fully saturated rings. The van der Waals surface area contributed by atoms with Gasteiger partial charge < -0.3 is 20.5 Å². The van der Waals surface area contributed by atoms with Gasteiger partial charge in [0.15, 0.2) is 0 Å². The number of rotatable bonds is 10. The van der Waals surface area contributed by atoms with Gasteiger partial charge in [0.1, 0.15) is 11.9 Å². The summed E-state index contributed by atoms with van der Waals surface area (Å²) in [7, 11) is 0. The summed E-state index contributed by atoms with van der Waals surface area (Å²) in [5.41, 5.74) is 2.57. The first-order valence-electron chi connectivity index (χ1n) is 12.0. The largest absolute Gasteiger partial charge is 0.484 e. The summed E-state index contributed by atoms with van der Waals surface area (Å²) in [5, 5.41) is 19.1. The lowest BCUT2D eigenvalue weighted by molar-refractivity contribution is -0.144. The molecule has 0 unspecified atom stereocenters. The Hall–Kier alpha value is -4.31. The quantitative estimate of drug-likeness (QED) is 0.292. The minimum absolute atomic E-state index is 0.152. The molecule has 3 N–H and O–H groups in total. The van der Waals surface area contributed by atoms with Crippen LogP contribution in [0.3, 0.4) is 0 Å². The van der Waals surface area contributed by atoms with Crippen LogP contribution in [0.15, 0.2) is 79.0 Å². The van der Waals surface area contributed by atoms with Gasteiger partial charge in [-0.05, 0) is 48.9 Å². The van der Waals surface area contributed by atoms with E-state index in [-0.39, 0.29) is 19.1 Å². The number of hydrogen-bond donors (Lipinski definition) is 3. The minimum Gasteiger partial charge on any atom is -0.484 e. The van der Waals surface area contributed by atoms with Crippen LogP contribution >= 0.6 is 0 Å². The van der Waals surface area contributed by atoms with E-state index in [1.165, 1.54) is 0 Å². The van der Waals surface area contributed by atoms with Gasteiger partial charge in [0.2, 0.25) is 0 Å². The standard InChI is InChI=1S/C28H28F2N4O4/c1-18(33-27(37)28(2,29)30)25(19-7-4-3-5-8-19)38-23-11-12-24-21(16-23)17-32-34(24)22-10-6-9-20(15-22)26(36)31-13-14-35/h3-12,15-18,25,35H,13-14H2,1-2H3,(H,31,36)(H,33,37)/t18-,25-/m0/s1. The van der Waals surface area contributed by atoms with Crippen LogP contribution < -0.4 is 15.4 Å². The number of amides is 2. The van der Waals surface area contributed by atoms with Gasteiger partial charge in [-0.25, -0.2) is 4.68 Å². The van der Waals surface area contributed by atoms with E-state index in [2.05, 4.69) is 15.7 Å². The van der Waals surface area contributed by atoms with E-state index in [0.717, 1.165) is 10.9 Å². The minimum atomic E-state index is -3.51. The molecule has 10 heteroatoms. The SMILES string of the molecule is C[C@H](NC(=O)C(C)(F)F)[C@H](Oc1ccc2c(cnn2-c2cccc(C(=O)NCCO)c2)c1)c1ccccc1. The monoisotopic (exact) mass is 522 g/mol. The highest BCUT2D eigenvalue weighted by Gasteiger charge is 2.35. The molecule has 0 aliphatic heterocycles. The molecule has 0 bridgehead atoms. The van der Waals surface area contributed by atoms with Gasteiger partial charge in [-0.3, -0.25) is 9.59 Å². The third kappa shape index (κ3) is 6.15. The molecule has 8 nitrogen and oxygen atoms in total. The Morgan fingerprint density at radius 2 is 1.84 bits per heavy atom. The Kier molecular flexibility index (Phi) is 8.02. The highest BCUT2D eigenvalue weighted by molar-refractivity contribution is 5.95. The highest BCUT2D eigenvalue weighted by atomic mass is 19.3. The molecule has 4 aromatic rings. The number of hydrogen-bond acceptors (Lipinski definition) is 5. The first-order valence-corrected chi connectivity index (χ1v) is 12.0. The smallest absolute Gasteiger partial charge is 0.321 e. The Morgan fingerprint density at radius 1 is 1.08 bits per heavy atom. The number of carbonyl (C=O) groups excluding carboxylic acids is 2. The van der Waals surface area contributed by atoms with Crippen molar-refractivity contribution in [1.82, 2.24) is 20.4 Å². The number of benzene rings is 3. The number of aliphatic hydroxyl groups is 1. The van der Waals surface area contributed by atoms with Crippen LogP contribution in [0.1, 0.15) is 35.9 Å². The average molecular weight is 523 g/mol. The van der Waals surface area contributed by atoms with E-state index in [1.54, 1.807) is 72.4 Å². The van der Waals surface area contributed by atoms with Crippen LogP contribution in [0, 0.1) is 0 Å². The van der Waals surface area contributed by atoms with Gasteiger partial charge in [0.25, 0.3) is 11.8 Å². The normalized spacial score (nSPS) is 13.1. The van der Waals surface area contributed by atoms with Crippen molar-refractivity contribution < 1.29 is 28.2 Å². The predicted molar refractivity (Wildman–Crippen MR) is 139 cm³/mol. The number of fused-ring (bicyclic) bond motifs is 1. The zero-order chi connectivity index (χ0) is 27.3. The van der Waals surface area contributed by atoms with Crippen LogP contribution in [0.2, 0.25) is 0 Å². The van der Waals surface area contributed by atoms with Gasteiger partial charge in [0.05, 0.1) is 30.0 Å². The zero-order valence-corrected chi connectivity index (χ0v) is 20.9. The summed E-state index contributed by atoms with van der Waals surface area (Å²) >= 11 is 0. The van der Waals surface area contributed by atoms with Crippen molar-refractivity contribution in [2.45, 2.75) is 31.9 Å². The van der Waals surface area contributed by atoms with E-state index < -0.39 is 24.0 Å². The Morgan fingerprint density at radius 3 is 2.55 bits per heavy atom. The van der Waals surface area contributed by atoms with Crippen molar-refractivity contribution in [3.8, 4) is 11.4 Å². The fraction of sp³-hybridized carbons (Fsp3) is 0.250. The molecule has 0 aliphatic carbocycles. The van der Waals surface area contributed by atoms with Crippen LogP contribution in [-0.2, 0) is 4.79 Å². The fourth-order valence-corrected chi connectivity index (χ4v) is 4.00. The Bertz CT molecular complexity index is 1420. The summed E-state index contributed by atoms with van der Waals surface area (Å²) in [6.45, 7) is 2.17. The van der Waals surface area contributed by atoms with Crippen LogP contribution in [-0.4, -0.2) is 51.8 Å². The number of nitrogens with zero attached hydrogens (tertiary/aromatic N) is 2. The summed E-state index contributed by atoms with van der Waals surface area (Å²) in [6.07, 6.45) is 0.922. The maximum absolute atomic E-state index is 13.5. The molecule has 2 amide bonds. The Balaban J connectivity index is 1.60. The lowest BCUT2D eigenvalue weighted by atomic mass is 10.0. The molecule has 1 aromatic heterocycles. The van der Waals surface area contributed by atoms with Crippen molar-refractivity contribution in [1.29, 1.82) is 0 Å². The van der Waals surface area contributed by atoms with Crippen molar-refractivity contribution in [3.05, 3.63) is 90.1 Å². The molecular formula is C28H28F2N4O4. The molecule has 38 heavy (non-hydrogen) atoms. The van der Waals surface area contributed by atoms with Gasteiger partial charge >= 0.3 is 5.92 Å². The second kappa shape index (κ2) is 11.4. The topological polar surface area (TPSA) is 105 Å². The summed E-state index contributed by atoms with van der Waals surface area (Å²) in [5.74, 6) is -4.73. The van der Waals surface area contributed by atoms with Gasteiger partial charge in [0, 0.05) is 24.4 Å². The summed E-state index contributed by atoms with van der Waals surface area (Å²) in [4.78, 5) is 24.2. The second-order valence-corrected chi connectivity index (χ2v) is 8.91. The molecule has 4 rings (SSSR count). The number of aliphatic hydroxyl groups excluding tert-OH is 1. The molecule has 0 saturated carbocycles. The second-order valence-electron chi connectivity index (χ2n) is 8.91. The third-order valence-corrected chi connectivity index (χ3v) is 5.89. The Labute approximate surface area is 218 Å². The molecule has 0 spiro atoms. The van der Waals surface area contributed by atoms with Crippen LogP contribution in [0.5, 0.6) is 5.75 Å². The number of ether oxygens (including phenoxy) is 1. The first-order chi connectivity index (χ1) is 18.2. The van der Waals surface area contributed by atoms with Crippen LogP contribution in [0.25, 0.3) is 16.6 Å². The molecule has 0 saturated heterocycles. The fourth-order valence-electron chi connectivity index (χ4n) is 4.00. The van der Waals surface area contributed by atoms with Crippen molar-refractivity contribution in [3.63, 3.8) is 0 Å². The number of nitrogens with one attached hydrogen (secondary N) is 2. The van der Waals surface area contributed by atoms with Crippen molar-refractivity contribution in [2.24, 2.45) is 0 Å². The zero-order valence-electron chi connectivity index (χ0n) is 20.9. The molecular weight excluding hydrogens is 494 g/mol. The number of alkyl halides is 2. The van der Waals surface area contributed by atoms with Gasteiger partial charge in [-0.2, -0.15) is 13.9 Å². The molecule has 0 aliphatic rings. The van der Waals surface area contributed by atoms with E-state index in [1.807, 2.05) is 18.2 Å². The van der Waals surface area contributed by atoms with Gasteiger partial charge in [-0.15, -0.1) is 0 Å². The summed E-state index contributed by atoms with van der Waals surface area (Å²) in [6, 6.07) is 20.5. The maximum atomic E-state index is 13.5. The van der Waals surface area contributed by atoms with E-state index >= 15 is 0 Å². The predicted octanol–water partition coefficient (Wildman–Crippen LogP) is 4.03. The summed E-state index contributed by atoms with van der Waals surface area (Å²) < 4.78 is 34.9. The molecule has 2 atom stereocenters. The number of carbonyl (C=O) groups is 2. The molecule has 3 aromatic carbocycles. The molecule has 198 valence electrons. The van der Waals surface area contributed by atoms with E-state index in [4.69, 9.17) is 9.84 Å².